The van der Waals surface area contributed by atoms with Crippen LogP contribution >= 0.6 is 0 Å². The minimum Gasteiger partial charge on any atom is -0.328 e. The lowest BCUT2D eigenvalue weighted by Crippen LogP contribution is -3.13. The van der Waals surface area contributed by atoms with E-state index in [2.05, 4.69) is 0 Å². The van der Waals surface area contributed by atoms with Gasteiger partial charge in [0.1, 0.15) is 6.54 Å². The predicted molar refractivity (Wildman–Crippen MR) is 110 cm³/mol. The Morgan fingerprint density at radius 3 is 2.18 bits per heavy atom. The monoisotopic (exact) mass is 404 g/mol. The average Bonchev–Trinajstić information content (AvgIpc) is 2.91. The summed E-state index contributed by atoms with van der Waals surface area (Å²) in [6.45, 7) is 6.57. The predicted octanol–water partition coefficient (Wildman–Crippen LogP) is 1.77. The van der Waals surface area contributed by atoms with Crippen LogP contribution in [0.25, 0.3) is 5.69 Å². The molecule has 1 aliphatic heterocycles. The molecule has 1 aliphatic rings. The third-order valence-electron chi connectivity index (χ3n) is 5.63. The number of aromatic nitrogens is 1. The summed E-state index contributed by atoms with van der Waals surface area (Å²) >= 11 is 0. The van der Waals surface area contributed by atoms with Crippen LogP contribution in [0.3, 0.4) is 0 Å². The van der Waals surface area contributed by atoms with Crippen LogP contribution in [-0.2, 0) is 10.0 Å². The number of quaternary nitrogens is 1. The zero-order chi connectivity index (χ0) is 20.3. The van der Waals surface area contributed by atoms with Crippen molar-refractivity contribution in [3.8, 4) is 5.69 Å². The van der Waals surface area contributed by atoms with Gasteiger partial charge in [0.05, 0.1) is 18.0 Å². The third-order valence-corrected chi connectivity index (χ3v) is 6.56. The van der Waals surface area contributed by atoms with Crippen LogP contribution in [0.5, 0.6) is 0 Å². The van der Waals surface area contributed by atoms with E-state index in [-0.39, 0.29) is 10.7 Å². The number of nitrogens with one attached hydrogen (secondary N) is 1. The molecule has 7 heteroatoms. The molecule has 0 radical (unpaired) electrons. The summed E-state index contributed by atoms with van der Waals surface area (Å²) in [4.78, 5) is 14.4. The Bertz CT molecular complexity index is 938. The molecule has 3 N–H and O–H groups in total. The fourth-order valence-electron chi connectivity index (χ4n) is 4.13. The van der Waals surface area contributed by atoms with Crippen molar-refractivity contribution in [2.75, 3.05) is 19.6 Å². The highest BCUT2D eigenvalue weighted by Gasteiger charge is 2.22. The lowest BCUT2D eigenvalue weighted by molar-refractivity contribution is -0.892. The van der Waals surface area contributed by atoms with E-state index in [1.54, 1.807) is 12.1 Å². The second kappa shape index (κ2) is 8.59. The summed E-state index contributed by atoms with van der Waals surface area (Å²) in [5, 5.41) is 5.18. The third kappa shape index (κ3) is 4.71. The van der Waals surface area contributed by atoms with Crippen LogP contribution in [0.15, 0.2) is 35.2 Å². The number of ketones is 1. The Hall–Kier alpha value is -1.96. The molecule has 1 saturated heterocycles. The fraction of sp³-hybridized carbons (Fsp3) is 0.476. The molecule has 0 aliphatic carbocycles. The number of likely N-dealkylation sites (tertiary alicyclic amines) is 1. The molecule has 0 amide bonds. The fourth-order valence-corrected chi connectivity index (χ4v) is 4.65. The number of nitrogens with zero attached hydrogens (tertiary/aromatic N) is 1. The SMILES string of the molecule is Cc1cc(C(=O)C[NH+]2CCCCCCC2)c(C)n1-c1ccc(S(N)(=O)=O)cc1. The number of primary sulfonamides is 1. The number of Topliss-reactive ketones (excluding diaryl/α,β-unsaturated/α-hetero) is 1. The summed E-state index contributed by atoms with van der Waals surface area (Å²) in [5.41, 5.74) is 3.41. The maximum absolute atomic E-state index is 13.0. The Morgan fingerprint density at radius 1 is 1.04 bits per heavy atom. The zero-order valence-electron chi connectivity index (χ0n) is 16.7. The number of hydrogen-bond donors (Lipinski definition) is 2. The molecule has 2 aromatic rings. The smallest absolute Gasteiger partial charge is 0.238 e. The van der Waals surface area contributed by atoms with Gasteiger partial charge >= 0.3 is 0 Å². The second-order valence-corrected chi connectivity index (χ2v) is 9.34. The van der Waals surface area contributed by atoms with E-state index >= 15 is 0 Å². The minimum atomic E-state index is -3.72. The molecule has 2 heterocycles. The molecule has 6 nitrogen and oxygen atoms in total. The van der Waals surface area contributed by atoms with Crippen molar-refractivity contribution in [3.05, 3.63) is 47.3 Å². The van der Waals surface area contributed by atoms with Gasteiger partial charge in [-0.05, 0) is 69.9 Å². The topological polar surface area (TPSA) is 86.6 Å². The lowest BCUT2D eigenvalue weighted by atomic mass is 10.1. The Morgan fingerprint density at radius 2 is 1.61 bits per heavy atom. The van der Waals surface area contributed by atoms with Gasteiger partial charge < -0.3 is 9.47 Å². The largest absolute Gasteiger partial charge is 0.328 e. The number of sulfonamides is 1. The maximum Gasteiger partial charge on any atom is 0.238 e. The lowest BCUT2D eigenvalue weighted by Gasteiger charge is -2.21. The van der Waals surface area contributed by atoms with Crippen molar-refractivity contribution in [1.82, 2.24) is 4.57 Å². The van der Waals surface area contributed by atoms with E-state index in [1.165, 1.54) is 49.1 Å². The molecule has 1 fully saturated rings. The van der Waals surface area contributed by atoms with Crippen molar-refractivity contribution < 1.29 is 18.1 Å². The minimum absolute atomic E-state index is 0.0793. The Balaban J connectivity index is 1.82. The van der Waals surface area contributed by atoms with Gasteiger partial charge in [-0.15, -0.1) is 0 Å². The van der Waals surface area contributed by atoms with E-state index in [4.69, 9.17) is 5.14 Å². The van der Waals surface area contributed by atoms with Gasteiger partial charge in [-0.1, -0.05) is 6.42 Å². The number of carbonyl (C=O) groups is 1. The van der Waals surface area contributed by atoms with Crippen LogP contribution in [0.1, 0.15) is 53.8 Å². The zero-order valence-corrected chi connectivity index (χ0v) is 17.5. The maximum atomic E-state index is 13.0. The molecule has 0 spiro atoms. The second-order valence-electron chi connectivity index (χ2n) is 7.78. The number of benzene rings is 1. The highest BCUT2D eigenvalue weighted by Crippen LogP contribution is 2.22. The van der Waals surface area contributed by atoms with Crippen LogP contribution in [0, 0.1) is 13.8 Å². The molecule has 1 aromatic heterocycles. The molecular formula is C21H30N3O3S+. The normalized spacial score (nSPS) is 16.5. The number of rotatable bonds is 5. The van der Waals surface area contributed by atoms with Crippen LogP contribution < -0.4 is 10.0 Å². The highest BCUT2D eigenvalue weighted by molar-refractivity contribution is 7.89. The molecule has 152 valence electrons. The highest BCUT2D eigenvalue weighted by atomic mass is 32.2. The van der Waals surface area contributed by atoms with E-state index in [0.717, 1.165) is 35.7 Å². The Labute approximate surface area is 167 Å². The van der Waals surface area contributed by atoms with Crippen molar-refractivity contribution in [3.63, 3.8) is 0 Å². The van der Waals surface area contributed by atoms with Gasteiger partial charge in [0, 0.05) is 22.6 Å². The quantitative estimate of drug-likeness (QED) is 0.745. The first-order valence-corrected chi connectivity index (χ1v) is 11.5. The molecule has 1 aromatic carbocycles. The Kier molecular flexibility index (Phi) is 6.37. The molecular weight excluding hydrogens is 374 g/mol. The van der Waals surface area contributed by atoms with Crippen molar-refractivity contribution >= 4 is 15.8 Å². The molecule has 3 rings (SSSR count). The summed E-state index contributed by atoms with van der Waals surface area (Å²) in [6.07, 6.45) is 6.23. The van der Waals surface area contributed by atoms with Gasteiger partial charge in [0.25, 0.3) is 0 Å². The molecule has 0 bridgehead atoms. The number of hydrogen-bond acceptors (Lipinski definition) is 3. The van der Waals surface area contributed by atoms with E-state index in [9.17, 15) is 13.2 Å². The molecule has 0 atom stereocenters. The first-order valence-electron chi connectivity index (χ1n) is 9.96. The van der Waals surface area contributed by atoms with Crippen LogP contribution in [0.2, 0.25) is 0 Å². The van der Waals surface area contributed by atoms with Crippen molar-refractivity contribution in [2.45, 2.75) is 50.8 Å². The molecule has 0 unspecified atom stereocenters. The summed E-state index contributed by atoms with van der Waals surface area (Å²) in [6, 6.07) is 8.37. The molecule has 0 saturated carbocycles. The summed E-state index contributed by atoms with van der Waals surface area (Å²) in [7, 11) is -3.72. The summed E-state index contributed by atoms with van der Waals surface area (Å²) < 4.78 is 24.9. The average molecular weight is 405 g/mol. The summed E-state index contributed by atoms with van der Waals surface area (Å²) in [5.74, 6) is 0.177. The van der Waals surface area contributed by atoms with Crippen molar-refractivity contribution in [1.29, 1.82) is 0 Å². The first-order chi connectivity index (χ1) is 13.3. The van der Waals surface area contributed by atoms with E-state index in [1.807, 2.05) is 24.5 Å². The van der Waals surface area contributed by atoms with Gasteiger partial charge in [-0.2, -0.15) is 0 Å². The van der Waals surface area contributed by atoms with Gasteiger partial charge in [-0.3, -0.25) is 4.79 Å². The number of carbonyl (C=O) groups excluding carboxylic acids is 1. The van der Waals surface area contributed by atoms with Gasteiger partial charge in [0.15, 0.2) is 0 Å². The standard InChI is InChI=1S/C21H29N3O3S/c1-16-14-20(21(25)15-23-12-6-4-3-5-7-13-23)17(2)24(16)18-8-10-19(11-9-18)28(22,26)27/h8-11,14H,3-7,12-13,15H2,1-2H3,(H2,22,26,27)/p+1. The van der Waals surface area contributed by atoms with E-state index in [0.29, 0.717) is 6.54 Å². The van der Waals surface area contributed by atoms with Crippen LogP contribution in [0.4, 0.5) is 0 Å². The van der Waals surface area contributed by atoms with Gasteiger partial charge in [0.2, 0.25) is 15.8 Å². The number of aryl methyl sites for hydroxylation is 1. The number of nitrogens with two attached hydrogens (primary N) is 1. The first kappa shape index (κ1) is 20.8. The van der Waals surface area contributed by atoms with E-state index < -0.39 is 10.0 Å². The van der Waals surface area contributed by atoms with Gasteiger partial charge in [-0.25, -0.2) is 13.6 Å². The molecule has 28 heavy (non-hydrogen) atoms. The van der Waals surface area contributed by atoms with Crippen molar-refractivity contribution in [2.24, 2.45) is 5.14 Å². The van der Waals surface area contributed by atoms with Crippen LogP contribution in [-0.4, -0.2) is 38.4 Å².